The molecule has 0 aromatic heterocycles. The van der Waals surface area contributed by atoms with E-state index in [4.69, 9.17) is 0 Å². The van der Waals surface area contributed by atoms with E-state index >= 15 is 0 Å². The van der Waals surface area contributed by atoms with E-state index in [0.29, 0.717) is 30.9 Å². The highest BCUT2D eigenvalue weighted by Crippen LogP contribution is 2.43. The van der Waals surface area contributed by atoms with Crippen LogP contribution in [-0.2, 0) is 6.11 Å². The minimum absolute atomic E-state index is 0.144. The predicted molar refractivity (Wildman–Crippen MR) is 139 cm³/mol. The fraction of sp³-hybridized carbons (Fsp3) is 0.419. The van der Waals surface area contributed by atoms with Crippen molar-refractivity contribution in [2.75, 3.05) is 0 Å². The Balaban J connectivity index is 1.53. The predicted octanol–water partition coefficient (Wildman–Crippen LogP) is 11.1. The zero-order valence-electron chi connectivity index (χ0n) is 23.7. The summed E-state index contributed by atoms with van der Waals surface area (Å²) in [6.07, 6.45) is -16.5. The first-order chi connectivity index (χ1) is 21.3. The maximum atomic E-state index is 14.9. The molecule has 252 valence electrons. The lowest BCUT2D eigenvalue weighted by Crippen LogP contribution is -2.46. The van der Waals surface area contributed by atoms with Gasteiger partial charge in [-0.05, 0) is 85.0 Å². The molecule has 3 aromatic carbocycles. The molecule has 1 aliphatic carbocycles. The largest absolute Gasteiger partial charge is 0.439 e. The molecule has 0 spiro atoms. The van der Waals surface area contributed by atoms with E-state index in [0.717, 1.165) is 37.8 Å². The Kier molecular flexibility index (Phi) is 10.1. The van der Waals surface area contributed by atoms with E-state index in [2.05, 4.69) is 9.47 Å². The van der Waals surface area contributed by atoms with Gasteiger partial charge in [0.2, 0.25) is 0 Å². The highest BCUT2D eigenvalue weighted by Gasteiger charge is 2.59. The molecule has 46 heavy (non-hydrogen) atoms. The molecule has 4 rings (SSSR count). The summed E-state index contributed by atoms with van der Waals surface area (Å²) < 4.78 is 188. The summed E-state index contributed by atoms with van der Waals surface area (Å²) in [6.45, 7) is 2.05. The summed E-state index contributed by atoms with van der Waals surface area (Å²) in [4.78, 5) is 0. The standard InChI is InChI=1S/C31H25F13O2/c1-2-3-15-4-6-16(7-5-15)17-10-22(33)26(23(34)11-17)30(41,42)45-19-8-9-20(21(32)14-19)18-12-24(35)27(25(36)13-18)46-31(43,44)28(37)29(38,39)40/h8-16,28H,2-7H2,1H3. The van der Waals surface area contributed by atoms with Gasteiger partial charge in [-0.3, -0.25) is 0 Å². The van der Waals surface area contributed by atoms with Gasteiger partial charge >= 0.3 is 18.4 Å². The van der Waals surface area contributed by atoms with Crippen LogP contribution in [0.15, 0.2) is 42.5 Å². The average Bonchev–Trinajstić information content (AvgIpc) is 2.94. The molecule has 1 atom stereocenters. The van der Waals surface area contributed by atoms with Gasteiger partial charge in [0.1, 0.15) is 28.8 Å². The number of hydrogen-bond donors (Lipinski definition) is 0. The molecule has 2 nitrogen and oxygen atoms in total. The number of rotatable bonds is 10. The van der Waals surface area contributed by atoms with Gasteiger partial charge in [0.05, 0.1) is 0 Å². The molecule has 1 aliphatic rings. The topological polar surface area (TPSA) is 18.5 Å². The molecule has 0 amide bonds. The van der Waals surface area contributed by atoms with Gasteiger partial charge in [-0.15, -0.1) is 0 Å². The van der Waals surface area contributed by atoms with Crippen LogP contribution in [0, 0.1) is 35.0 Å². The Morgan fingerprint density at radius 2 is 1.28 bits per heavy atom. The van der Waals surface area contributed by atoms with Crippen LogP contribution in [0.2, 0.25) is 0 Å². The SMILES string of the molecule is CCCC1CCC(c2cc(F)c(C(F)(F)Oc3ccc(-c4cc(F)c(OC(F)(F)C(F)C(F)(F)F)c(F)c4)c(F)c3)c(F)c2)CC1. The first-order valence-electron chi connectivity index (χ1n) is 14.0. The van der Waals surface area contributed by atoms with Crippen molar-refractivity contribution in [3.8, 4) is 22.6 Å². The van der Waals surface area contributed by atoms with E-state index in [1.54, 1.807) is 0 Å². The van der Waals surface area contributed by atoms with Gasteiger partial charge in [-0.1, -0.05) is 19.8 Å². The van der Waals surface area contributed by atoms with Crippen molar-refractivity contribution in [2.24, 2.45) is 5.92 Å². The van der Waals surface area contributed by atoms with Crippen LogP contribution in [0.1, 0.15) is 62.5 Å². The molecule has 1 fully saturated rings. The minimum Gasteiger partial charge on any atom is -0.429 e. The lowest BCUT2D eigenvalue weighted by atomic mass is 9.77. The van der Waals surface area contributed by atoms with Crippen molar-refractivity contribution >= 4 is 0 Å². The molecule has 1 saturated carbocycles. The Labute approximate surface area is 254 Å². The zero-order chi connectivity index (χ0) is 34.2. The molecule has 0 saturated heterocycles. The number of halogens is 13. The van der Waals surface area contributed by atoms with Crippen LogP contribution in [-0.4, -0.2) is 18.5 Å². The molecule has 0 heterocycles. The second-order valence-corrected chi connectivity index (χ2v) is 11.0. The summed E-state index contributed by atoms with van der Waals surface area (Å²) in [6, 6.07) is 3.43. The summed E-state index contributed by atoms with van der Waals surface area (Å²) in [7, 11) is 0. The van der Waals surface area contributed by atoms with E-state index < -0.39 is 81.8 Å². The summed E-state index contributed by atoms with van der Waals surface area (Å²) in [5, 5.41) is 0. The molecule has 0 bridgehead atoms. The molecule has 1 unspecified atom stereocenters. The highest BCUT2D eigenvalue weighted by molar-refractivity contribution is 5.66. The van der Waals surface area contributed by atoms with Crippen LogP contribution in [0.3, 0.4) is 0 Å². The average molecular weight is 677 g/mol. The van der Waals surface area contributed by atoms with Crippen molar-refractivity contribution in [3.63, 3.8) is 0 Å². The number of ether oxygens (including phenoxy) is 2. The monoisotopic (exact) mass is 676 g/mol. The van der Waals surface area contributed by atoms with E-state index in [1.165, 1.54) is 0 Å². The van der Waals surface area contributed by atoms with E-state index in [-0.39, 0.29) is 29.7 Å². The first-order valence-corrected chi connectivity index (χ1v) is 14.0. The van der Waals surface area contributed by atoms with Crippen LogP contribution in [0.25, 0.3) is 11.1 Å². The molecule has 0 radical (unpaired) electrons. The molecular weight excluding hydrogens is 651 g/mol. The normalized spacial score (nSPS) is 18.4. The van der Waals surface area contributed by atoms with E-state index in [1.807, 2.05) is 6.92 Å². The number of hydrogen-bond acceptors (Lipinski definition) is 2. The first kappa shape index (κ1) is 35.2. The van der Waals surface area contributed by atoms with Gasteiger partial charge < -0.3 is 9.47 Å². The Morgan fingerprint density at radius 1 is 0.717 bits per heavy atom. The summed E-state index contributed by atoms with van der Waals surface area (Å²) in [5.41, 5.74) is -3.05. The van der Waals surface area contributed by atoms with Gasteiger partial charge in [0, 0.05) is 11.6 Å². The Morgan fingerprint density at radius 3 is 1.78 bits per heavy atom. The van der Waals surface area contributed by atoms with Gasteiger partial charge in [-0.2, -0.15) is 30.7 Å². The van der Waals surface area contributed by atoms with Crippen LogP contribution in [0.4, 0.5) is 57.1 Å². The molecule has 3 aromatic rings. The van der Waals surface area contributed by atoms with Crippen molar-refractivity contribution < 1.29 is 66.5 Å². The fourth-order valence-corrected chi connectivity index (χ4v) is 5.48. The van der Waals surface area contributed by atoms with Crippen molar-refractivity contribution in [1.82, 2.24) is 0 Å². The second-order valence-electron chi connectivity index (χ2n) is 11.0. The van der Waals surface area contributed by atoms with Crippen molar-refractivity contribution in [1.29, 1.82) is 0 Å². The lowest BCUT2D eigenvalue weighted by molar-refractivity contribution is -0.306. The second kappa shape index (κ2) is 13.2. The third-order valence-electron chi connectivity index (χ3n) is 7.69. The van der Waals surface area contributed by atoms with Crippen molar-refractivity contribution in [3.05, 3.63) is 82.7 Å². The van der Waals surface area contributed by atoms with E-state index in [9.17, 15) is 57.1 Å². The lowest BCUT2D eigenvalue weighted by Gasteiger charge is -2.29. The van der Waals surface area contributed by atoms with Crippen molar-refractivity contribution in [2.45, 2.75) is 75.9 Å². The summed E-state index contributed by atoms with van der Waals surface area (Å²) >= 11 is 0. The molecular formula is C31H25F13O2. The maximum absolute atomic E-state index is 14.9. The van der Waals surface area contributed by atoms with Gasteiger partial charge in [0.25, 0.3) is 6.17 Å². The minimum atomic E-state index is -6.14. The van der Waals surface area contributed by atoms with Gasteiger partial charge in [0.15, 0.2) is 17.4 Å². The highest BCUT2D eigenvalue weighted by atomic mass is 19.4. The zero-order valence-corrected chi connectivity index (χ0v) is 23.7. The van der Waals surface area contributed by atoms with Crippen LogP contribution < -0.4 is 9.47 Å². The molecule has 15 heteroatoms. The van der Waals surface area contributed by atoms with Crippen LogP contribution in [0.5, 0.6) is 11.5 Å². The fourth-order valence-electron chi connectivity index (χ4n) is 5.48. The smallest absolute Gasteiger partial charge is 0.429 e. The quantitative estimate of drug-likeness (QED) is 0.199. The maximum Gasteiger partial charge on any atom is 0.439 e. The Hall–Kier alpha value is -3.65. The molecule has 0 aliphatic heterocycles. The van der Waals surface area contributed by atoms with Gasteiger partial charge in [-0.25, -0.2) is 26.3 Å². The number of alkyl halides is 8. The third kappa shape index (κ3) is 7.65. The third-order valence-corrected chi connectivity index (χ3v) is 7.69. The number of benzene rings is 3. The van der Waals surface area contributed by atoms with Crippen LogP contribution >= 0.6 is 0 Å². The Bertz CT molecular complexity index is 1500. The summed E-state index contributed by atoms with van der Waals surface area (Å²) in [5.74, 6) is -11.7. The molecule has 0 N–H and O–H groups in total.